The molecule has 0 saturated heterocycles. The molecule has 0 radical (unpaired) electrons. The molecule has 3 heteroatoms. The van der Waals surface area contributed by atoms with Gasteiger partial charge in [0.1, 0.15) is 0 Å². The van der Waals surface area contributed by atoms with Gasteiger partial charge in [0.15, 0.2) is 0 Å². The number of aliphatic hydroxyl groups is 2. The average molecular weight is 611 g/mol. The van der Waals surface area contributed by atoms with Crippen LogP contribution >= 0.6 is 0 Å². The van der Waals surface area contributed by atoms with Crippen LogP contribution in [-0.2, 0) is 4.74 Å². The van der Waals surface area contributed by atoms with E-state index in [0.29, 0.717) is 13.2 Å². The topological polar surface area (TPSA) is 49.7 Å². The molecule has 43 heavy (non-hydrogen) atoms. The lowest BCUT2D eigenvalue weighted by Gasteiger charge is -2.14. The van der Waals surface area contributed by atoms with E-state index >= 15 is 0 Å². The van der Waals surface area contributed by atoms with Gasteiger partial charge in [-0.3, -0.25) is 0 Å². The molecule has 3 nitrogen and oxygen atoms in total. The molecule has 0 saturated carbocycles. The van der Waals surface area contributed by atoms with E-state index in [1.54, 1.807) is 0 Å². The quantitative estimate of drug-likeness (QED) is 0.0694. The Morgan fingerprint density at radius 1 is 0.302 bits per heavy atom. The van der Waals surface area contributed by atoms with Crippen molar-refractivity contribution < 1.29 is 14.9 Å². The van der Waals surface area contributed by atoms with Gasteiger partial charge < -0.3 is 14.9 Å². The van der Waals surface area contributed by atoms with Crippen molar-refractivity contribution in [2.24, 2.45) is 11.8 Å². The molecule has 0 fully saturated rings. The minimum atomic E-state index is -0.382. The number of ether oxygens (including phenoxy) is 1. The van der Waals surface area contributed by atoms with Crippen molar-refractivity contribution in [1.82, 2.24) is 0 Å². The summed E-state index contributed by atoms with van der Waals surface area (Å²) in [7, 11) is 0. The van der Waals surface area contributed by atoms with Crippen LogP contribution in [0.25, 0.3) is 0 Å². The lowest BCUT2D eigenvalue weighted by atomic mass is 10.0. The second-order valence-electron chi connectivity index (χ2n) is 15.0. The van der Waals surface area contributed by atoms with Gasteiger partial charge in [0.2, 0.25) is 0 Å². The van der Waals surface area contributed by atoms with E-state index in [2.05, 4.69) is 27.7 Å². The molecule has 0 amide bonds. The first-order chi connectivity index (χ1) is 20.9. The highest BCUT2D eigenvalue weighted by atomic mass is 16.5. The smallest absolute Gasteiger partial charge is 0.0773 e. The van der Waals surface area contributed by atoms with Gasteiger partial charge >= 0.3 is 0 Å². The molecule has 0 bridgehead atoms. The monoisotopic (exact) mass is 611 g/mol. The molecule has 0 spiro atoms. The summed E-state index contributed by atoms with van der Waals surface area (Å²) < 4.78 is 5.62. The lowest BCUT2D eigenvalue weighted by molar-refractivity contribution is -0.0129. The van der Waals surface area contributed by atoms with Gasteiger partial charge in [-0.1, -0.05) is 207 Å². The lowest BCUT2D eigenvalue weighted by Crippen LogP contribution is -2.21. The van der Waals surface area contributed by atoms with Crippen LogP contribution in [0.1, 0.15) is 220 Å². The fraction of sp³-hybridized carbons (Fsp3) is 1.00. The third-order valence-corrected chi connectivity index (χ3v) is 9.26. The third-order valence-electron chi connectivity index (χ3n) is 9.26. The minimum Gasteiger partial charge on any atom is -0.391 e. The molecule has 260 valence electrons. The van der Waals surface area contributed by atoms with Crippen molar-refractivity contribution in [3.05, 3.63) is 0 Å². The van der Waals surface area contributed by atoms with E-state index in [9.17, 15) is 10.2 Å². The Morgan fingerprint density at radius 3 is 0.698 bits per heavy atom. The minimum absolute atomic E-state index is 0.368. The van der Waals surface area contributed by atoms with Gasteiger partial charge in [-0.2, -0.15) is 0 Å². The van der Waals surface area contributed by atoms with E-state index in [-0.39, 0.29) is 12.2 Å². The number of aliphatic hydroxyl groups excluding tert-OH is 2. The summed E-state index contributed by atoms with van der Waals surface area (Å²) in [6.45, 7) is 10.0. The molecular formula is C40H82O3. The Kier molecular flexibility index (Phi) is 34.7. The van der Waals surface area contributed by atoms with Crippen molar-refractivity contribution in [2.75, 3.05) is 13.2 Å². The zero-order valence-electron chi connectivity index (χ0n) is 30.2. The van der Waals surface area contributed by atoms with Crippen LogP contribution in [0, 0.1) is 11.8 Å². The normalized spacial score (nSPS) is 13.4. The molecule has 2 atom stereocenters. The molecule has 2 N–H and O–H groups in total. The summed E-state index contributed by atoms with van der Waals surface area (Å²) in [6.07, 6.45) is 39.0. The van der Waals surface area contributed by atoms with Crippen LogP contribution < -0.4 is 0 Å². The van der Waals surface area contributed by atoms with E-state index < -0.39 is 0 Å². The second-order valence-corrected chi connectivity index (χ2v) is 15.0. The summed E-state index contributed by atoms with van der Waals surface area (Å²) in [5, 5.41) is 20.4. The number of rotatable bonds is 36. The van der Waals surface area contributed by atoms with E-state index in [1.165, 1.54) is 167 Å². The van der Waals surface area contributed by atoms with Gasteiger partial charge in [0, 0.05) is 0 Å². The largest absolute Gasteiger partial charge is 0.391 e. The maximum absolute atomic E-state index is 10.2. The van der Waals surface area contributed by atoms with Crippen LogP contribution in [0.2, 0.25) is 0 Å². The van der Waals surface area contributed by atoms with Crippen LogP contribution in [0.15, 0.2) is 0 Å². The second kappa shape index (κ2) is 34.7. The first-order valence-corrected chi connectivity index (χ1v) is 19.9. The average Bonchev–Trinajstić information content (AvgIpc) is 2.96. The molecule has 0 rings (SSSR count). The summed E-state index contributed by atoms with van der Waals surface area (Å²) in [5.41, 5.74) is 0. The molecule has 0 aliphatic carbocycles. The van der Waals surface area contributed by atoms with Crippen LogP contribution in [-0.4, -0.2) is 35.6 Å². The molecule has 0 aromatic rings. The summed E-state index contributed by atoms with van der Waals surface area (Å²) in [4.78, 5) is 0. The van der Waals surface area contributed by atoms with Crippen molar-refractivity contribution in [3.8, 4) is 0 Å². The predicted molar refractivity (Wildman–Crippen MR) is 191 cm³/mol. The maximum atomic E-state index is 10.2. The highest BCUT2D eigenvalue weighted by molar-refractivity contribution is 4.59. The van der Waals surface area contributed by atoms with Crippen LogP contribution in [0.3, 0.4) is 0 Å². The fourth-order valence-corrected chi connectivity index (χ4v) is 6.26. The van der Waals surface area contributed by atoms with Gasteiger partial charge in [-0.25, -0.2) is 0 Å². The van der Waals surface area contributed by atoms with Crippen molar-refractivity contribution in [1.29, 1.82) is 0 Å². The standard InChI is InChI=1S/C40H82O3/c1-37(2)31-27-23-19-15-11-7-5-9-13-17-21-25-29-33-39(41)35-43-36-40(42)34-30-26-22-18-14-10-6-8-12-16-20-24-28-32-38(3)4/h37-42H,5-36H2,1-4H3. The van der Waals surface area contributed by atoms with Gasteiger partial charge in [-0.15, -0.1) is 0 Å². The van der Waals surface area contributed by atoms with E-state index in [1.807, 2.05) is 0 Å². The highest BCUT2D eigenvalue weighted by Gasteiger charge is 2.08. The Hall–Kier alpha value is -0.120. The number of hydrogen-bond acceptors (Lipinski definition) is 3. The van der Waals surface area contributed by atoms with Gasteiger partial charge in [-0.05, 0) is 24.7 Å². The maximum Gasteiger partial charge on any atom is 0.0773 e. The molecule has 0 aliphatic rings. The summed E-state index contributed by atoms with van der Waals surface area (Å²) >= 11 is 0. The van der Waals surface area contributed by atoms with Crippen molar-refractivity contribution in [3.63, 3.8) is 0 Å². The molecule has 0 aliphatic heterocycles. The first-order valence-electron chi connectivity index (χ1n) is 19.9. The predicted octanol–water partition coefficient (Wildman–Crippen LogP) is 12.7. The Morgan fingerprint density at radius 2 is 0.488 bits per heavy atom. The van der Waals surface area contributed by atoms with E-state index in [0.717, 1.165) is 37.5 Å². The van der Waals surface area contributed by atoms with Crippen molar-refractivity contribution >= 4 is 0 Å². The molecule has 0 aromatic heterocycles. The summed E-state index contributed by atoms with van der Waals surface area (Å²) in [5.74, 6) is 1.74. The van der Waals surface area contributed by atoms with E-state index in [4.69, 9.17) is 4.74 Å². The van der Waals surface area contributed by atoms with Crippen LogP contribution in [0.5, 0.6) is 0 Å². The molecular weight excluding hydrogens is 528 g/mol. The number of unbranched alkanes of at least 4 members (excludes halogenated alkanes) is 24. The van der Waals surface area contributed by atoms with Crippen LogP contribution in [0.4, 0.5) is 0 Å². The fourth-order valence-electron chi connectivity index (χ4n) is 6.26. The summed E-state index contributed by atoms with van der Waals surface area (Å²) in [6, 6.07) is 0. The van der Waals surface area contributed by atoms with Gasteiger partial charge in [0.25, 0.3) is 0 Å². The highest BCUT2D eigenvalue weighted by Crippen LogP contribution is 2.17. The third kappa shape index (κ3) is 38.0. The molecule has 0 heterocycles. The Bertz CT molecular complexity index is 462. The molecule has 2 unspecified atom stereocenters. The first kappa shape index (κ1) is 42.9. The number of hydrogen-bond donors (Lipinski definition) is 2. The molecule has 0 aromatic carbocycles. The van der Waals surface area contributed by atoms with Gasteiger partial charge in [0.05, 0.1) is 25.4 Å². The zero-order valence-corrected chi connectivity index (χ0v) is 30.2. The van der Waals surface area contributed by atoms with Crippen molar-refractivity contribution in [2.45, 2.75) is 233 Å². The Balaban J connectivity index is 3.26. The SMILES string of the molecule is CC(C)CCCCCCCCCCCCCCCC(O)COCC(O)CCCCCCCCCCCCCCCC(C)C. The zero-order chi connectivity index (χ0) is 31.6. The Labute approximate surface area is 272 Å².